The fourth-order valence-corrected chi connectivity index (χ4v) is 2.65. The summed E-state index contributed by atoms with van der Waals surface area (Å²) in [5.41, 5.74) is 5.66. The second kappa shape index (κ2) is 12.1. The maximum atomic E-state index is 12.2. The molecule has 8 nitrogen and oxygen atoms in total. The van der Waals surface area contributed by atoms with E-state index < -0.39 is 11.8 Å². The van der Waals surface area contributed by atoms with Crippen molar-refractivity contribution in [1.29, 1.82) is 0 Å². The first-order valence-corrected chi connectivity index (χ1v) is 10.1. The Bertz CT molecular complexity index is 956. The molecule has 31 heavy (non-hydrogen) atoms. The Hall–Kier alpha value is -3.68. The van der Waals surface area contributed by atoms with Crippen LogP contribution in [0.1, 0.15) is 36.5 Å². The average Bonchev–Trinajstić information content (AvgIpc) is 2.74. The van der Waals surface area contributed by atoms with Crippen LogP contribution in [0.15, 0.2) is 47.6 Å². The number of unbranched alkanes of at least 4 members (excludes halogenated alkanes) is 1. The quantitative estimate of drug-likeness (QED) is 0.249. The van der Waals surface area contributed by atoms with Gasteiger partial charge < -0.3 is 15.4 Å². The maximum absolute atomic E-state index is 12.2. The van der Waals surface area contributed by atoms with E-state index in [4.69, 9.17) is 4.74 Å². The summed E-state index contributed by atoms with van der Waals surface area (Å²) in [6.07, 6.45) is 3.11. The first-order valence-electron chi connectivity index (χ1n) is 10.1. The summed E-state index contributed by atoms with van der Waals surface area (Å²) >= 11 is 0. The van der Waals surface area contributed by atoms with E-state index in [1.165, 1.54) is 6.21 Å². The van der Waals surface area contributed by atoms with Gasteiger partial charge in [0.05, 0.1) is 6.21 Å². The van der Waals surface area contributed by atoms with Gasteiger partial charge in [0.2, 0.25) is 0 Å². The molecule has 0 unspecified atom stereocenters. The van der Waals surface area contributed by atoms with Crippen LogP contribution in [0.2, 0.25) is 0 Å². The minimum Gasteiger partial charge on any atom is -0.484 e. The zero-order valence-corrected chi connectivity index (χ0v) is 18.0. The number of ether oxygens (including phenoxy) is 1. The number of rotatable bonds is 9. The summed E-state index contributed by atoms with van der Waals surface area (Å²) < 4.78 is 5.54. The van der Waals surface area contributed by atoms with Crippen LogP contribution in [0.3, 0.4) is 0 Å². The third kappa shape index (κ3) is 8.30. The molecule has 0 aliphatic rings. The number of hydrazone groups is 1. The average molecular weight is 425 g/mol. The molecule has 3 N–H and O–H groups in total. The van der Waals surface area contributed by atoms with Gasteiger partial charge in [0, 0.05) is 12.2 Å². The van der Waals surface area contributed by atoms with E-state index in [9.17, 15) is 14.4 Å². The number of aryl methyl sites for hydroxylation is 2. The number of benzene rings is 2. The van der Waals surface area contributed by atoms with Gasteiger partial charge in [-0.3, -0.25) is 14.4 Å². The van der Waals surface area contributed by atoms with E-state index >= 15 is 0 Å². The molecule has 0 saturated heterocycles. The first kappa shape index (κ1) is 23.6. The molecule has 3 amide bonds. The van der Waals surface area contributed by atoms with Crippen LogP contribution in [-0.4, -0.2) is 37.1 Å². The number of hydrogen-bond donors (Lipinski definition) is 3. The summed E-state index contributed by atoms with van der Waals surface area (Å²) in [5, 5.41) is 9.11. The maximum Gasteiger partial charge on any atom is 0.329 e. The molecule has 2 aromatic carbocycles. The van der Waals surface area contributed by atoms with Gasteiger partial charge >= 0.3 is 11.8 Å². The van der Waals surface area contributed by atoms with Crippen LogP contribution >= 0.6 is 0 Å². The second-order valence-electron chi connectivity index (χ2n) is 7.04. The third-order valence-electron chi connectivity index (χ3n) is 4.29. The SMILES string of the molecule is CCCCNC(=O)C(=O)N/N=C\c1cccc(OCC(=O)Nc2ccc(C)cc2C)c1. The normalized spacial score (nSPS) is 10.5. The largest absolute Gasteiger partial charge is 0.484 e. The molecule has 0 heterocycles. The summed E-state index contributed by atoms with van der Waals surface area (Å²) in [5.74, 6) is -1.35. The minimum atomic E-state index is -0.831. The van der Waals surface area contributed by atoms with Gasteiger partial charge in [0.25, 0.3) is 5.91 Å². The second-order valence-corrected chi connectivity index (χ2v) is 7.04. The Kier molecular flexibility index (Phi) is 9.22. The van der Waals surface area contributed by atoms with Crippen molar-refractivity contribution < 1.29 is 19.1 Å². The van der Waals surface area contributed by atoms with Crippen molar-refractivity contribution in [2.24, 2.45) is 5.10 Å². The van der Waals surface area contributed by atoms with Crippen molar-refractivity contribution in [3.05, 3.63) is 59.2 Å². The highest BCUT2D eigenvalue weighted by Crippen LogP contribution is 2.16. The molecule has 8 heteroatoms. The van der Waals surface area contributed by atoms with Crippen LogP contribution < -0.4 is 20.8 Å². The zero-order valence-electron chi connectivity index (χ0n) is 18.0. The fourth-order valence-electron chi connectivity index (χ4n) is 2.65. The molecule has 2 rings (SSSR count). The number of nitrogens with one attached hydrogen (secondary N) is 3. The van der Waals surface area contributed by atoms with Gasteiger partial charge in [-0.05, 0) is 49.6 Å². The fraction of sp³-hybridized carbons (Fsp3) is 0.304. The Morgan fingerprint density at radius 1 is 1.06 bits per heavy atom. The van der Waals surface area contributed by atoms with Crippen molar-refractivity contribution in [2.45, 2.75) is 33.6 Å². The smallest absolute Gasteiger partial charge is 0.329 e. The molecule has 0 fully saturated rings. The highest BCUT2D eigenvalue weighted by molar-refractivity contribution is 6.35. The molecule has 0 bridgehead atoms. The van der Waals surface area contributed by atoms with E-state index in [2.05, 4.69) is 21.2 Å². The van der Waals surface area contributed by atoms with Gasteiger partial charge in [0.15, 0.2) is 6.61 Å². The van der Waals surface area contributed by atoms with Gasteiger partial charge in [-0.2, -0.15) is 5.10 Å². The number of carbonyl (C=O) groups excluding carboxylic acids is 3. The third-order valence-corrected chi connectivity index (χ3v) is 4.29. The highest BCUT2D eigenvalue weighted by Gasteiger charge is 2.11. The first-order chi connectivity index (χ1) is 14.9. The molecular formula is C23H28N4O4. The Labute approximate surface area is 182 Å². The molecule has 0 aromatic heterocycles. The number of anilines is 1. The zero-order chi connectivity index (χ0) is 22.6. The lowest BCUT2D eigenvalue weighted by Gasteiger charge is -2.10. The number of amides is 3. The lowest BCUT2D eigenvalue weighted by Crippen LogP contribution is -2.38. The van der Waals surface area contributed by atoms with Crippen LogP contribution in [0.4, 0.5) is 5.69 Å². The molecule has 0 aliphatic heterocycles. The summed E-state index contributed by atoms with van der Waals surface area (Å²) in [4.78, 5) is 35.4. The lowest BCUT2D eigenvalue weighted by molar-refractivity contribution is -0.139. The predicted octanol–water partition coefficient (Wildman–Crippen LogP) is 2.69. The monoisotopic (exact) mass is 424 g/mol. The summed E-state index contributed by atoms with van der Waals surface area (Å²) in [7, 11) is 0. The van der Waals surface area contributed by atoms with E-state index in [1.54, 1.807) is 24.3 Å². The molecule has 0 aliphatic carbocycles. The van der Waals surface area contributed by atoms with Crippen molar-refractivity contribution in [2.75, 3.05) is 18.5 Å². The Morgan fingerprint density at radius 2 is 1.87 bits per heavy atom. The van der Waals surface area contributed by atoms with Crippen molar-refractivity contribution in [1.82, 2.24) is 10.7 Å². The van der Waals surface area contributed by atoms with Crippen LogP contribution in [0.25, 0.3) is 0 Å². The molecule has 164 valence electrons. The predicted molar refractivity (Wildman–Crippen MR) is 120 cm³/mol. The van der Waals surface area contributed by atoms with Crippen LogP contribution in [0, 0.1) is 13.8 Å². The standard InChI is InChI=1S/C23H28N4O4/c1-4-5-11-24-22(29)23(30)27-25-14-18-7-6-8-19(13-18)31-15-21(28)26-20-10-9-16(2)12-17(20)3/h6-10,12-14H,4-5,11,15H2,1-3H3,(H,24,29)(H,26,28)(H,27,30)/b25-14-. The van der Waals surface area contributed by atoms with Crippen molar-refractivity contribution in [3.8, 4) is 5.75 Å². The molecular weight excluding hydrogens is 396 g/mol. The minimum absolute atomic E-state index is 0.150. The molecule has 2 aromatic rings. The van der Waals surface area contributed by atoms with Crippen molar-refractivity contribution in [3.63, 3.8) is 0 Å². The lowest BCUT2D eigenvalue weighted by atomic mass is 10.1. The molecule has 0 radical (unpaired) electrons. The molecule has 0 saturated carbocycles. The molecule has 0 spiro atoms. The summed E-state index contributed by atoms with van der Waals surface area (Å²) in [6, 6.07) is 12.6. The van der Waals surface area contributed by atoms with E-state index in [-0.39, 0.29) is 12.5 Å². The molecule has 0 atom stereocenters. The van der Waals surface area contributed by atoms with Crippen LogP contribution in [0.5, 0.6) is 5.75 Å². The van der Waals surface area contributed by atoms with Gasteiger partial charge in [-0.25, -0.2) is 5.43 Å². The van der Waals surface area contributed by atoms with E-state index in [0.717, 1.165) is 29.7 Å². The summed E-state index contributed by atoms with van der Waals surface area (Å²) in [6.45, 7) is 6.21. The van der Waals surface area contributed by atoms with E-state index in [1.807, 2.05) is 39.0 Å². The van der Waals surface area contributed by atoms with Crippen LogP contribution in [-0.2, 0) is 14.4 Å². The Balaban J connectivity index is 1.83. The number of nitrogens with zero attached hydrogens (tertiary/aromatic N) is 1. The van der Waals surface area contributed by atoms with Gasteiger partial charge in [0.1, 0.15) is 5.75 Å². The Morgan fingerprint density at radius 3 is 2.61 bits per heavy atom. The highest BCUT2D eigenvalue weighted by atomic mass is 16.5. The van der Waals surface area contributed by atoms with Gasteiger partial charge in [-0.1, -0.05) is 43.2 Å². The van der Waals surface area contributed by atoms with Gasteiger partial charge in [-0.15, -0.1) is 0 Å². The number of carbonyl (C=O) groups is 3. The number of hydrogen-bond acceptors (Lipinski definition) is 5. The van der Waals surface area contributed by atoms with E-state index in [0.29, 0.717) is 17.9 Å². The van der Waals surface area contributed by atoms with Crippen molar-refractivity contribution >= 4 is 29.6 Å². The topological polar surface area (TPSA) is 109 Å².